The number of carbonyl (C=O) groups is 1. The predicted molar refractivity (Wildman–Crippen MR) is 109 cm³/mol. The fourth-order valence-corrected chi connectivity index (χ4v) is 4.78. The molecular weight excluding hydrogens is 368 g/mol. The second-order valence-electron chi connectivity index (χ2n) is 9.29. The van der Waals surface area contributed by atoms with Crippen LogP contribution in [0.2, 0.25) is 0 Å². The summed E-state index contributed by atoms with van der Waals surface area (Å²) in [6, 6.07) is 8.30. The molecule has 3 aliphatic rings. The lowest BCUT2D eigenvalue weighted by Gasteiger charge is -2.54. The van der Waals surface area contributed by atoms with Gasteiger partial charge in [-0.3, -0.25) is 9.69 Å². The number of fused-ring (bicyclic) bond motifs is 1. The van der Waals surface area contributed by atoms with Crippen molar-refractivity contribution < 1.29 is 19.1 Å². The molecule has 6 heteroatoms. The van der Waals surface area contributed by atoms with Gasteiger partial charge in [-0.15, -0.1) is 0 Å². The van der Waals surface area contributed by atoms with E-state index in [1.165, 1.54) is 12.0 Å². The van der Waals surface area contributed by atoms with Gasteiger partial charge in [-0.25, -0.2) is 0 Å². The van der Waals surface area contributed by atoms with Crippen LogP contribution in [0.4, 0.5) is 0 Å². The van der Waals surface area contributed by atoms with E-state index in [0.29, 0.717) is 19.6 Å². The molecule has 5 rings (SSSR count). The number of nitrogens with zero attached hydrogens (tertiary/aromatic N) is 1. The van der Waals surface area contributed by atoms with Gasteiger partial charge in [-0.2, -0.15) is 0 Å². The Hall–Kier alpha value is -1.89. The molecule has 2 aliphatic carbocycles. The van der Waals surface area contributed by atoms with Crippen molar-refractivity contribution in [2.75, 3.05) is 26.3 Å². The van der Waals surface area contributed by atoms with Crippen LogP contribution in [0.25, 0.3) is 11.0 Å². The molecule has 0 bridgehead atoms. The third-order valence-corrected chi connectivity index (χ3v) is 7.25. The maximum absolute atomic E-state index is 12.4. The molecule has 1 spiro atoms. The summed E-state index contributed by atoms with van der Waals surface area (Å²) in [7, 11) is 0. The summed E-state index contributed by atoms with van der Waals surface area (Å²) in [4.78, 5) is 15.0. The molecule has 1 saturated heterocycles. The molecule has 1 aliphatic heterocycles. The van der Waals surface area contributed by atoms with Crippen molar-refractivity contribution >= 4 is 16.9 Å². The molecule has 29 heavy (non-hydrogen) atoms. The number of aliphatic hydroxyl groups excluding tert-OH is 1. The molecule has 1 aromatic carbocycles. The Balaban J connectivity index is 1.24. The highest BCUT2D eigenvalue weighted by molar-refractivity contribution is 5.80. The lowest BCUT2D eigenvalue weighted by atomic mass is 9.74. The van der Waals surface area contributed by atoms with Crippen LogP contribution >= 0.6 is 0 Å². The highest BCUT2D eigenvalue weighted by atomic mass is 16.5. The Kier molecular flexibility index (Phi) is 4.88. The summed E-state index contributed by atoms with van der Waals surface area (Å²) in [5.41, 5.74) is 2.20. The monoisotopic (exact) mass is 398 g/mol. The predicted octanol–water partition coefficient (Wildman–Crippen LogP) is 2.84. The number of aliphatic hydroxyl groups is 1. The van der Waals surface area contributed by atoms with Gasteiger partial charge in [0.05, 0.1) is 32.0 Å². The number of hydrogen-bond acceptors (Lipinski definition) is 5. The van der Waals surface area contributed by atoms with E-state index in [9.17, 15) is 9.90 Å². The number of morpholine rings is 1. The minimum absolute atomic E-state index is 0.0207. The lowest BCUT2D eigenvalue weighted by Crippen LogP contribution is -2.62. The summed E-state index contributed by atoms with van der Waals surface area (Å²) in [6.45, 7) is 3.00. The second kappa shape index (κ2) is 7.42. The van der Waals surface area contributed by atoms with E-state index in [1.54, 1.807) is 6.26 Å². The fraction of sp³-hybridized carbons (Fsp3) is 0.609. The van der Waals surface area contributed by atoms with Crippen molar-refractivity contribution in [3.63, 3.8) is 0 Å². The van der Waals surface area contributed by atoms with Gasteiger partial charge < -0.3 is 19.6 Å². The number of rotatable bonds is 7. The molecule has 3 fully saturated rings. The highest BCUT2D eigenvalue weighted by Gasteiger charge is 2.47. The van der Waals surface area contributed by atoms with Crippen LogP contribution in [0.5, 0.6) is 0 Å². The summed E-state index contributed by atoms with van der Waals surface area (Å²) in [5, 5.41) is 13.6. The quantitative estimate of drug-likeness (QED) is 0.750. The molecule has 1 amide bonds. The van der Waals surface area contributed by atoms with Crippen LogP contribution < -0.4 is 5.32 Å². The first-order valence-corrected chi connectivity index (χ1v) is 10.8. The smallest absolute Gasteiger partial charge is 0.222 e. The Morgan fingerprint density at radius 2 is 2.10 bits per heavy atom. The van der Waals surface area contributed by atoms with Crippen LogP contribution in [0.1, 0.15) is 44.1 Å². The molecule has 1 atom stereocenters. The number of ether oxygens (including phenoxy) is 1. The van der Waals surface area contributed by atoms with Crippen molar-refractivity contribution in [1.29, 1.82) is 0 Å². The van der Waals surface area contributed by atoms with Gasteiger partial charge in [0.25, 0.3) is 0 Å². The van der Waals surface area contributed by atoms with Crippen LogP contribution in [-0.4, -0.2) is 53.9 Å². The summed E-state index contributed by atoms with van der Waals surface area (Å²) < 4.78 is 11.9. The molecule has 2 N–H and O–H groups in total. The normalized spacial score (nSPS) is 25.1. The first-order valence-electron chi connectivity index (χ1n) is 10.8. The van der Waals surface area contributed by atoms with Crippen LogP contribution in [-0.2, 0) is 16.1 Å². The first kappa shape index (κ1) is 19.1. The van der Waals surface area contributed by atoms with E-state index in [1.807, 2.05) is 6.07 Å². The van der Waals surface area contributed by atoms with Crippen molar-refractivity contribution in [2.24, 2.45) is 5.41 Å². The Morgan fingerprint density at radius 1 is 1.24 bits per heavy atom. The summed E-state index contributed by atoms with van der Waals surface area (Å²) in [6.07, 6.45) is 7.56. The van der Waals surface area contributed by atoms with E-state index in [4.69, 9.17) is 9.15 Å². The molecule has 1 aromatic heterocycles. The molecule has 2 heterocycles. The fourth-order valence-electron chi connectivity index (χ4n) is 4.78. The van der Waals surface area contributed by atoms with Gasteiger partial charge in [0.15, 0.2) is 0 Å². The third kappa shape index (κ3) is 3.69. The number of nitrogens with one attached hydrogen (secondary N) is 1. The summed E-state index contributed by atoms with van der Waals surface area (Å²) >= 11 is 0. The zero-order valence-corrected chi connectivity index (χ0v) is 16.9. The molecule has 156 valence electrons. The number of benzene rings is 1. The number of amides is 1. The minimum atomic E-state index is -0.0960. The molecule has 1 unspecified atom stereocenters. The maximum Gasteiger partial charge on any atom is 0.222 e. The molecule has 2 aromatic rings. The lowest BCUT2D eigenvalue weighted by molar-refractivity contribution is -0.154. The molecular formula is C23H30N2O4. The van der Waals surface area contributed by atoms with Gasteiger partial charge in [0.2, 0.25) is 5.91 Å². The second-order valence-corrected chi connectivity index (χ2v) is 9.29. The average Bonchev–Trinajstić information content (AvgIpc) is 3.32. The topological polar surface area (TPSA) is 74.9 Å². The van der Waals surface area contributed by atoms with E-state index >= 15 is 0 Å². The number of hydrogen-bond donors (Lipinski definition) is 2. The Morgan fingerprint density at radius 3 is 2.83 bits per heavy atom. The first-order chi connectivity index (χ1) is 14.1. The zero-order valence-electron chi connectivity index (χ0n) is 16.9. The Labute approximate surface area is 171 Å². The van der Waals surface area contributed by atoms with Gasteiger partial charge >= 0.3 is 0 Å². The standard InChI is InChI=1S/C23H30N2O4/c26-15-22(8-9-22)14-24-20(27)11-19-13-25(23(16-29-19)6-2-7-23)12-18-4-1-3-17-5-10-28-21(17)18/h1,3-5,10,19,26H,2,6-9,11-16H2,(H,24,27). The Bertz CT molecular complexity index is 884. The summed E-state index contributed by atoms with van der Waals surface area (Å²) in [5.74, 6) is 0.0207. The van der Waals surface area contributed by atoms with Gasteiger partial charge in [-0.1, -0.05) is 18.2 Å². The van der Waals surface area contributed by atoms with Crippen LogP contribution in [0.3, 0.4) is 0 Å². The van der Waals surface area contributed by atoms with Crippen molar-refractivity contribution in [3.8, 4) is 0 Å². The zero-order chi connectivity index (χ0) is 19.9. The van der Waals surface area contributed by atoms with E-state index < -0.39 is 0 Å². The number of para-hydroxylation sites is 1. The van der Waals surface area contributed by atoms with Crippen molar-refractivity contribution in [1.82, 2.24) is 10.2 Å². The molecule has 2 saturated carbocycles. The van der Waals surface area contributed by atoms with Gasteiger partial charge in [-0.05, 0) is 38.2 Å². The number of furan rings is 1. The highest BCUT2D eigenvalue weighted by Crippen LogP contribution is 2.44. The van der Waals surface area contributed by atoms with E-state index in [2.05, 4.69) is 28.4 Å². The largest absolute Gasteiger partial charge is 0.464 e. The van der Waals surface area contributed by atoms with Crippen LogP contribution in [0.15, 0.2) is 34.9 Å². The van der Waals surface area contributed by atoms with Gasteiger partial charge in [0.1, 0.15) is 5.58 Å². The third-order valence-electron chi connectivity index (χ3n) is 7.25. The van der Waals surface area contributed by atoms with Crippen LogP contribution in [0, 0.1) is 5.41 Å². The SMILES string of the molecule is O=C(CC1CN(Cc2cccc3ccoc23)C2(CCC2)CO1)NCC1(CO)CC1. The maximum atomic E-state index is 12.4. The molecule has 6 nitrogen and oxygen atoms in total. The number of carbonyl (C=O) groups excluding carboxylic acids is 1. The molecule has 0 radical (unpaired) electrons. The van der Waals surface area contributed by atoms with E-state index in [-0.39, 0.29) is 29.6 Å². The van der Waals surface area contributed by atoms with E-state index in [0.717, 1.165) is 49.7 Å². The van der Waals surface area contributed by atoms with Crippen molar-refractivity contribution in [2.45, 2.75) is 56.7 Å². The minimum Gasteiger partial charge on any atom is -0.464 e. The average molecular weight is 399 g/mol. The van der Waals surface area contributed by atoms with Crippen molar-refractivity contribution in [3.05, 3.63) is 36.1 Å². The van der Waals surface area contributed by atoms with Gasteiger partial charge in [0, 0.05) is 41.5 Å².